The summed E-state index contributed by atoms with van der Waals surface area (Å²) in [7, 11) is 0. The molecule has 2 aliphatic rings. The molecule has 2 amide bonds. The van der Waals surface area contributed by atoms with Crippen LogP contribution < -0.4 is 10.6 Å². The molecule has 2 unspecified atom stereocenters. The third-order valence-electron chi connectivity index (χ3n) is 8.70. The Labute approximate surface area is 281 Å². The molecule has 0 bridgehead atoms. The Morgan fingerprint density at radius 3 is 1.31 bits per heavy atom. The van der Waals surface area contributed by atoms with Gasteiger partial charge in [-0.15, -0.1) is 0 Å². The van der Waals surface area contributed by atoms with Gasteiger partial charge in [-0.2, -0.15) is 11.8 Å². The van der Waals surface area contributed by atoms with E-state index < -0.39 is 36.2 Å². The largest absolute Gasteiger partial charge is 0.480 e. The molecule has 0 saturated heterocycles. The van der Waals surface area contributed by atoms with E-state index in [4.69, 9.17) is 9.47 Å². The molecule has 0 saturated carbocycles. The first-order chi connectivity index (χ1) is 23.3. The zero-order chi connectivity index (χ0) is 33.6. The van der Waals surface area contributed by atoms with Crippen LogP contribution in [-0.2, 0) is 19.1 Å². The van der Waals surface area contributed by atoms with E-state index in [-0.39, 0.29) is 43.0 Å². The van der Waals surface area contributed by atoms with Gasteiger partial charge in [0.05, 0.1) is 0 Å². The van der Waals surface area contributed by atoms with Crippen molar-refractivity contribution in [3.8, 4) is 22.3 Å². The molecule has 4 aromatic rings. The molecular weight excluding hydrogens is 632 g/mol. The maximum Gasteiger partial charge on any atom is 0.407 e. The Morgan fingerprint density at radius 1 is 0.583 bits per heavy atom. The summed E-state index contributed by atoms with van der Waals surface area (Å²) >= 11 is 1.14. The summed E-state index contributed by atoms with van der Waals surface area (Å²) in [5, 5.41) is 24.2. The number of hydrogen-bond acceptors (Lipinski definition) is 7. The Bertz CT molecular complexity index is 1620. The van der Waals surface area contributed by atoms with Gasteiger partial charge in [-0.1, -0.05) is 97.1 Å². The highest BCUT2D eigenvalue weighted by Crippen LogP contribution is 2.45. The van der Waals surface area contributed by atoms with E-state index in [9.17, 15) is 29.4 Å². The number of thioether (sulfide) groups is 1. The molecule has 6 rings (SSSR count). The molecule has 0 fully saturated rings. The van der Waals surface area contributed by atoms with Gasteiger partial charge in [-0.3, -0.25) is 0 Å². The van der Waals surface area contributed by atoms with E-state index in [1.54, 1.807) is 0 Å². The minimum absolute atomic E-state index is 0.0154. The van der Waals surface area contributed by atoms with Crippen LogP contribution in [0.5, 0.6) is 0 Å². The molecule has 2 atom stereocenters. The van der Waals surface area contributed by atoms with Gasteiger partial charge >= 0.3 is 24.1 Å². The normalized spacial score (nSPS) is 14.1. The predicted molar refractivity (Wildman–Crippen MR) is 181 cm³/mol. The molecule has 0 heterocycles. The van der Waals surface area contributed by atoms with Crippen LogP contribution in [0.3, 0.4) is 0 Å². The summed E-state index contributed by atoms with van der Waals surface area (Å²) in [5.41, 5.74) is 8.47. The van der Waals surface area contributed by atoms with Crippen molar-refractivity contribution in [2.75, 3.05) is 24.7 Å². The van der Waals surface area contributed by atoms with Crippen LogP contribution in [0.1, 0.15) is 40.5 Å². The Kier molecular flexibility index (Phi) is 9.96. The van der Waals surface area contributed by atoms with Crippen molar-refractivity contribution in [1.29, 1.82) is 0 Å². The number of nitrogens with one attached hydrogen (secondary N) is 2. The molecule has 4 N–H and O–H groups in total. The van der Waals surface area contributed by atoms with Crippen LogP contribution in [0, 0.1) is 0 Å². The quantitative estimate of drug-likeness (QED) is 0.124. The molecule has 0 aromatic heterocycles. The molecule has 10 nitrogen and oxygen atoms in total. The lowest BCUT2D eigenvalue weighted by Gasteiger charge is -2.18. The Hall–Kier alpha value is -5.29. The number of carboxylic acid groups (broad SMARTS) is 2. The standard InChI is InChI=1S/C37H34N2O8S/c40-34(41)32(38-36(44)46-19-30-26-13-5-1-9-22(26)23-10-2-6-14-27(23)30)17-18-48-21-33(35(42)43)39-37(45)47-20-31-28-15-7-3-11-24(28)25-12-4-8-16-29(25)31/h1-16,30-33H,17-21H2,(H,38,44)(H,39,45)(H,40,41)(H,42,43). The molecule has 2 aliphatic carbocycles. The van der Waals surface area contributed by atoms with Gasteiger partial charge in [-0.25, -0.2) is 19.2 Å². The average molecular weight is 667 g/mol. The zero-order valence-electron chi connectivity index (χ0n) is 25.8. The Morgan fingerprint density at radius 2 is 0.938 bits per heavy atom. The SMILES string of the molecule is O=C(NC(CCSCC(NC(=O)OCC1c2ccccc2-c2ccccc21)C(=O)O)C(=O)O)OCC1c2ccccc2-c2ccccc21. The van der Waals surface area contributed by atoms with Crippen molar-refractivity contribution in [1.82, 2.24) is 10.6 Å². The van der Waals surface area contributed by atoms with E-state index in [1.165, 1.54) is 0 Å². The van der Waals surface area contributed by atoms with Crippen LogP contribution in [0.25, 0.3) is 22.3 Å². The molecule has 246 valence electrons. The second kappa shape index (κ2) is 14.6. The van der Waals surface area contributed by atoms with Crippen LogP contribution in [-0.4, -0.2) is 71.1 Å². The summed E-state index contributed by atoms with van der Waals surface area (Å²) in [6, 6.07) is 29.1. The van der Waals surface area contributed by atoms with Crippen LogP contribution in [0.15, 0.2) is 97.1 Å². The topological polar surface area (TPSA) is 151 Å². The maximum absolute atomic E-state index is 12.6. The van der Waals surface area contributed by atoms with Crippen molar-refractivity contribution >= 4 is 35.9 Å². The third kappa shape index (κ3) is 7.01. The number of ether oxygens (including phenoxy) is 2. The van der Waals surface area contributed by atoms with Crippen molar-refractivity contribution in [2.45, 2.75) is 30.3 Å². The molecule has 0 radical (unpaired) electrons. The van der Waals surface area contributed by atoms with Crippen LogP contribution >= 0.6 is 11.8 Å². The third-order valence-corrected chi connectivity index (χ3v) is 9.80. The smallest absolute Gasteiger partial charge is 0.407 e. The van der Waals surface area contributed by atoms with Crippen LogP contribution in [0.4, 0.5) is 9.59 Å². The first-order valence-corrected chi connectivity index (χ1v) is 16.7. The highest BCUT2D eigenvalue weighted by Gasteiger charge is 2.31. The summed E-state index contributed by atoms with van der Waals surface area (Å²) in [5.74, 6) is -2.65. The van der Waals surface area contributed by atoms with E-state index in [2.05, 4.69) is 10.6 Å². The van der Waals surface area contributed by atoms with E-state index in [0.717, 1.165) is 56.3 Å². The van der Waals surface area contributed by atoms with Gasteiger partial charge in [0, 0.05) is 17.6 Å². The van der Waals surface area contributed by atoms with Gasteiger partial charge in [0.1, 0.15) is 25.3 Å². The van der Waals surface area contributed by atoms with Gasteiger partial charge < -0.3 is 30.3 Å². The fraction of sp³-hybridized carbons (Fsp3) is 0.243. The number of carboxylic acids is 2. The Balaban J connectivity index is 0.957. The lowest BCUT2D eigenvalue weighted by atomic mass is 9.98. The summed E-state index contributed by atoms with van der Waals surface area (Å²) < 4.78 is 11.0. The number of rotatable bonds is 13. The summed E-state index contributed by atoms with van der Waals surface area (Å²) in [6.45, 7) is 0.0873. The lowest BCUT2D eigenvalue weighted by molar-refractivity contribution is -0.140. The maximum atomic E-state index is 12.6. The number of carbonyl (C=O) groups is 4. The van der Waals surface area contributed by atoms with Gasteiger partial charge in [0.2, 0.25) is 0 Å². The molecule has 11 heteroatoms. The number of carbonyl (C=O) groups excluding carboxylic acids is 2. The highest BCUT2D eigenvalue weighted by molar-refractivity contribution is 7.99. The minimum Gasteiger partial charge on any atom is -0.480 e. The van der Waals surface area contributed by atoms with Crippen molar-refractivity contribution in [2.24, 2.45) is 0 Å². The second-order valence-corrected chi connectivity index (χ2v) is 12.7. The molecule has 4 aromatic carbocycles. The van der Waals surface area contributed by atoms with Gasteiger partial charge in [0.15, 0.2) is 0 Å². The van der Waals surface area contributed by atoms with E-state index >= 15 is 0 Å². The molecule has 0 spiro atoms. The molecular formula is C37H34N2O8S. The number of amides is 2. The second-order valence-electron chi connectivity index (χ2n) is 11.6. The number of aliphatic carboxylic acids is 2. The molecule has 48 heavy (non-hydrogen) atoms. The fourth-order valence-electron chi connectivity index (χ4n) is 6.40. The highest BCUT2D eigenvalue weighted by atomic mass is 32.2. The van der Waals surface area contributed by atoms with Crippen molar-refractivity contribution in [3.05, 3.63) is 119 Å². The predicted octanol–water partition coefficient (Wildman–Crippen LogP) is 6.09. The summed E-state index contributed by atoms with van der Waals surface area (Å²) in [6.07, 6.45) is -1.69. The van der Waals surface area contributed by atoms with Crippen molar-refractivity contribution < 1.29 is 38.9 Å². The van der Waals surface area contributed by atoms with Gasteiger partial charge in [-0.05, 0) is 56.7 Å². The van der Waals surface area contributed by atoms with Crippen LogP contribution in [0.2, 0.25) is 0 Å². The monoisotopic (exact) mass is 666 g/mol. The molecule has 0 aliphatic heterocycles. The van der Waals surface area contributed by atoms with E-state index in [1.807, 2.05) is 97.1 Å². The number of alkyl carbamates (subject to hydrolysis) is 2. The van der Waals surface area contributed by atoms with Gasteiger partial charge in [0.25, 0.3) is 0 Å². The van der Waals surface area contributed by atoms with Crippen molar-refractivity contribution in [3.63, 3.8) is 0 Å². The number of benzene rings is 4. The number of hydrogen-bond donors (Lipinski definition) is 4. The minimum atomic E-state index is -1.26. The lowest BCUT2D eigenvalue weighted by Crippen LogP contribution is -2.43. The zero-order valence-corrected chi connectivity index (χ0v) is 26.7. The fourth-order valence-corrected chi connectivity index (χ4v) is 7.43. The van der Waals surface area contributed by atoms with E-state index in [0.29, 0.717) is 0 Å². The number of fused-ring (bicyclic) bond motifs is 6. The summed E-state index contributed by atoms with van der Waals surface area (Å²) in [4.78, 5) is 49.1. The first-order valence-electron chi connectivity index (χ1n) is 15.6. The average Bonchev–Trinajstić information content (AvgIpc) is 3.59. The first kappa shape index (κ1) is 32.6.